The maximum atomic E-state index is 12.3. The average molecular weight is 318 g/mol. The normalized spacial score (nSPS) is 11.8. The van der Waals surface area contributed by atoms with Gasteiger partial charge in [-0.25, -0.2) is 0 Å². The lowest BCUT2D eigenvalue weighted by Crippen LogP contribution is -2.37. The molecule has 20 heavy (non-hydrogen) atoms. The molecular formula is C13H17Cl2N3O2. The number of nitrogens with zero attached hydrogens (tertiary/aromatic N) is 1. The van der Waals surface area contributed by atoms with Crippen molar-refractivity contribution in [2.45, 2.75) is 6.92 Å². The van der Waals surface area contributed by atoms with Crippen LogP contribution in [0.3, 0.4) is 0 Å². The number of nitrogen functional groups attached to an aromatic ring is 1. The Balaban J connectivity index is 2.93. The van der Waals surface area contributed by atoms with E-state index in [2.05, 4.69) is 5.32 Å². The smallest absolute Gasteiger partial charge is 0.255 e. The summed E-state index contributed by atoms with van der Waals surface area (Å²) < 4.78 is 0. The minimum Gasteiger partial charge on any atom is -0.399 e. The van der Waals surface area contributed by atoms with Crippen molar-refractivity contribution in [2.24, 2.45) is 5.92 Å². The molecule has 0 aromatic heterocycles. The molecule has 0 aliphatic carbocycles. The first kappa shape index (κ1) is 16.6. The zero-order valence-corrected chi connectivity index (χ0v) is 13.0. The van der Waals surface area contributed by atoms with Crippen LogP contribution in [0.5, 0.6) is 0 Å². The van der Waals surface area contributed by atoms with Crippen LogP contribution < -0.4 is 11.1 Å². The SMILES string of the molecule is CNC(=O)C(C)CN(C)C(=O)c1cc(N)cc(Cl)c1Cl. The number of hydrogen-bond acceptors (Lipinski definition) is 3. The van der Waals surface area contributed by atoms with Gasteiger partial charge in [0.05, 0.1) is 21.5 Å². The highest BCUT2D eigenvalue weighted by Crippen LogP contribution is 2.29. The molecule has 0 saturated heterocycles. The van der Waals surface area contributed by atoms with Crippen LogP contribution in [0.25, 0.3) is 0 Å². The molecule has 0 heterocycles. The van der Waals surface area contributed by atoms with Gasteiger partial charge in [-0.2, -0.15) is 0 Å². The molecule has 2 amide bonds. The molecule has 0 fully saturated rings. The summed E-state index contributed by atoms with van der Waals surface area (Å²) in [5.74, 6) is -0.800. The predicted octanol–water partition coefficient (Wildman–Crippen LogP) is 2.03. The summed E-state index contributed by atoms with van der Waals surface area (Å²) in [5.41, 5.74) is 6.24. The largest absolute Gasteiger partial charge is 0.399 e. The first-order chi connectivity index (χ1) is 9.27. The van der Waals surface area contributed by atoms with Gasteiger partial charge in [0, 0.05) is 26.3 Å². The van der Waals surface area contributed by atoms with Crippen molar-refractivity contribution in [2.75, 3.05) is 26.4 Å². The molecule has 1 aromatic rings. The quantitative estimate of drug-likeness (QED) is 0.834. The molecular weight excluding hydrogens is 301 g/mol. The number of hydrogen-bond donors (Lipinski definition) is 2. The van der Waals surface area contributed by atoms with Crippen LogP contribution in [-0.2, 0) is 4.79 Å². The monoisotopic (exact) mass is 317 g/mol. The minimum atomic E-state index is -0.333. The minimum absolute atomic E-state index is 0.138. The second kappa shape index (κ2) is 6.81. The molecule has 110 valence electrons. The lowest BCUT2D eigenvalue weighted by molar-refractivity contribution is -0.124. The van der Waals surface area contributed by atoms with Crippen LogP contribution >= 0.6 is 23.2 Å². The summed E-state index contributed by atoms with van der Waals surface area (Å²) in [6.45, 7) is 2.00. The summed E-state index contributed by atoms with van der Waals surface area (Å²) in [5, 5.41) is 2.92. The number of nitrogens with one attached hydrogen (secondary N) is 1. The lowest BCUT2D eigenvalue weighted by atomic mass is 10.1. The first-order valence-electron chi connectivity index (χ1n) is 5.99. The maximum absolute atomic E-state index is 12.3. The zero-order chi connectivity index (χ0) is 15.4. The predicted molar refractivity (Wildman–Crippen MR) is 81.1 cm³/mol. The van der Waals surface area contributed by atoms with Crippen LogP contribution in [-0.4, -0.2) is 37.4 Å². The second-order valence-corrected chi connectivity index (χ2v) is 5.35. The van der Waals surface area contributed by atoms with Gasteiger partial charge in [0.15, 0.2) is 0 Å². The first-order valence-corrected chi connectivity index (χ1v) is 6.75. The summed E-state index contributed by atoms with van der Waals surface area (Å²) in [6.07, 6.45) is 0. The topological polar surface area (TPSA) is 75.4 Å². The Morgan fingerprint density at radius 3 is 2.55 bits per heavy atom. The molecule has 7 heteroatoms. The molecule has 1 atom stereocenters. The summed E-state index contributed by atoms with van der Waals surface area (Å²) in [6, 6.07) is 2.95. The van der Waals surface area contributed by atoms with Gasteiger partial charge in [0.1, 0.15) is 0 Å². The summed E-state index contributed by atoms with van der Waals surface area (Å²) in [4.78, 5) is 25.2. The number of benzene rings is 1. The third-order valence-electron chi connectivity index (χ3n) is 2.87. The van der Waals surface area contributed by atoms with Gasteiger partial charge in [0.25, 0.3) is 5.91 Å². The zero-order valence-electron chi connectivity index (χ0n) is 11.5. The number of halogens is 2. The Morgan fingerprint density at radius 2 is 2.00 bits per heavy atom. The highest BCUT2D eigenvalue weighted by Gasteiger charge is 2.21. The van der Waals surface area contributed by atoms with Crippen LogP contribution in [0, 0.1) is 5.92 Å². The van der Waals surface area contributed by atoms with E-state index in [-0.39, 0.29) is 39.9 Å². The Hall–Kier alpha value is -1.46. The van der Waals surface area contributed by atoms with Crippen LogP contribution in [0.2, 0.25) is 10.0 Å². The third-order valence-corrected chi connectivity index (χ3v) is 3.67. The highest BCUT2D eigenvalue weighted by molar-refractivity contribution is 6.44. The summed E-state index contributed by atoms with van der Waals surface area (Å²) >= 11 is 11.9. The van der Waals surface area contributed by atoms with E-state index in [1.54, 1.807) is 21.0 Å². The van der Waals surface area contributed by atoms with E-state index < -0.39 is 0 Å². The Kier molecular flexibility index (Phi) is 5.65. The van der Waals surface area contributed by atoms with Crippen LogP contribution in [0.4, 0.5) is 5.69 Å². The number of carbonyl (C=O) groups is 2. The average Bonchev–Trinajstić information content (AvgIpc) is 2.40. The van der Waals surface area contributed by atoms with Gasteiger partial charge in [-0.05, 0) is 12.1 Å². The van der Waals surface area contributed by atoms with Gasteiger partial charge < -0.3 is 16.0 Å². The molecule has 0 aliphatic rings. The Labute approximate surface area is 128 Å². The molecule has 0 spiro atoms. The van der Waals surface area contributed by atoms with E-state index in [1.807, 2.05) is 0 Å². The molecule has 3 N–H and O–H groups in total. The van der Waals surface area contributed by atoms with Crippen molar-refractivity contribution in [3.05, 3.63) is 27.7 Å². The number of nitrogens with two attached hydrogens (primary N) is 1. The lowest BCUT2D eigenvalue weighted by Gasteiger charge is -2.21. The van der Waals surface area contributed by atoms with Crippen molar-refractivity contribution in [3.63, 3.8) is 0 Å². The second-order valence-electron chi connectivity index (χ2n) is 4.57. The van der Waals surface area contributed by atoms with E-state index in [9.17, 15) is 9.59 Å². The fourth-order valence-corrected chi connectivity index (χ4v) is 2.21. The van der Waals surface area contributed by atoms with Crippen molar-refractivity contribution in [3.8, 4) is 0 Å². The van der Waals surface area contributed by atoms with E-state index in [1.165, 1.54) is 17.0 Å². The Morgan fingerprint density at radius 1 is 1.40 bits per heavy atom. The summed E-state index contributed by atoms with van der Waals surface area (Å²) in [7, 11) is 3.14. The number of anilines is 1. The van der Waals surface area contributed by atoms with E-state index in [0.29, 0.717) is 5.69 Å². The van der Waals surface area contributed by atoms with Crippen molar-refractivity contribution in [1.29, 1.82) is 0 Å². The van der Waals surface area contributed by atoms with Gasteiger partial charge in [0.2, 0.25) is 5.91 Å². The van der Waals surface area contributed by atoms with Crippen LogP contribution in [0.15, 0.2) is 12.1 Å². The van der Waals surface area contributed by atoms with Gasteiger partial charge in [-0.15, -0.1) is 0 Å². The van der Waals surface area contributed by atoms with E-state index in [4.69, 9.17) is 28.9 Å². The molecule has 0 saturated carbocycles. The number of rotatable bonds is 4. The van der Waals surface area contributed by atoms with Crippen molar-refractivity contribution < 1.29 is 9.59 Å². The van der Waals surface area contributed by atoms with Gasteiger partial charge >= 0.3 is 0 Å². The molecule has 0 aliphatic heterocycles. The third kappa shape index (κ3) is 3.77. The maximum Gasteiger partial charge on any atom is 0.255 e. The van der Waals surface area contributed by atoms with Crippen molar-refractivity contribution >= 4 is 40.7 Å². The highest BCUT2D eigenvalue weighted by atomic mass is 35.5. The Bertz CT molecular complexity index is 535. The molecule has 1 rings (SSSR count). The molecule has 1 unspecified atom stereocenters. The fraction of sp³-hybridized carbons (Fsp3) is 0.385. The van der Waals surface area contributed by atoms with Crippen LogP contribution in [0.1, 0.15) is 17.3 Å². The molecule has 5 nitrogen and oxygen atoms in total. The molecule has 1 aromatic carbocycles. The molecule has 0 bridgehead atoms. The standard InChI is InChI=1S/C13H17Cl2N3O2/c1-7(12(19)17-2)6-18(3)13(20)9-4-8(16)5-10(14)11(9)15/h4-5,7H,6,16H2,1-3H3,(H,17,19). The van der Waals surface area contributed by atoms with Gasteiger partial charge in [-0.1, -0.05) is 30.1 Å². The van der Waals surface area contributed by atoms with Gasteiger partial charge in [-0.3, -0.25) is 9.59 Å². The van der Waals surface area contributed by atoms with E-state index in [0.717, 1.165) is 0 Å². The van der Waals surface area contributed by atoms with Crippen molar-refractivity contribution in [1.82, 2.24) is 10.2 Å². The van der Waals surface area contributed by atoms with E-state index >= 15 is 0 Å². The number of carbonyl (C=O) groups excluding carboxylic acids is 2. The number of amides is 2. The fourth-order valence-electron chi connectivity index (χ4n) is 1.79. The molecule has 0 radical (unpaired) electrons.